The third kappa shape index (κ3) is 5.51. The van der Waals surface area contributed by atoms with Crippen LogP contribution in [0.1, 0.15) is 57.4 Å². The van der Waals surface area contributed by atoms with E-state index in [9.17, 15) is 23.2 Å². The number of rotatable bonds is 8. The average Bonchev–Trinajstić information content (AvgIpc) is 3.36. The van der Waals surface area contributed by atoms with E-state index in [4.69, 9.17) is 0 Å². The summed E-state index contributed by atoms with van der Waals surface area (Å²) in [5.74, 6) is -1.50. The number of nitrogens with one attached hydrogen (secondary N) is 1. The van der Waals surface area contributed by atoms with E-state index < -0.39 is 5.92 Å². The Labute approximate surface area is 211 Å². The third-order valence-corrected chi connectivity index (χ3v) is 8.53. The first-order chi connectivity index (χ1) is 17.2. The van der Waals surface area contributed by atoms with Gasteiger partial charge in [-0.25, -0.2) is 8.78 Å². The van der Waals surface area contributed by atoms with Gasteiger partial charge in [-0.1, -0.05) is 24.3 Å². The SMILES string of the molecule is CC(F)(F)c1cccc(NC(=O)CCC(=O)C2[C@H]3CN(C4CCC(C5=CCC(=O)C=C5)CC4)C[C@@H]23)c1. The molecule has 1 amide bonds. The zero-order valence-electron chi connectivity index (χ0n) is 20.7. The van der Waals surface area contributed by atoms with Crippen LogP contribution in [-0.2, 0) is 20.3 Å². The van der Waals surface area contributed by atoms with E-state index in [1.807, 2.05) is 6.08 Å². The van der Waals surface area contributed by atoms with E-state index in [0.717, 1.165) is 45.7 Å². The van der Waals surface area contributed by atoms with Crippen molar-refractivity contribution in [2.45, 2.75) is 63.8 Å². The van der Waals surface area contributed by atoms with Crippen LogP contribution in [0.15, 0.2) is 48.1 Å². The Morgan fingerprint density at radius 1 is 1.06 bits per heavy atom. The first-order valence-corrected chi connectivity index (χ1v) is 13.1. The number of piperidine rings is 1. The van der Waals surface area contributed by atoms with Crippen LogP contribution in [0.5, 0.6) is 0 Å². The number of nitrogens with zero attached hydrogens (tertiary/aromatic N) is 1. The van der Waals surface area contributed by atoms with Gasteiger partial charge >= 0.3 is 0 Å². The lowest BCUT2D eigenvalue weighted by atomic mass is 9.79. The van der Waals surface area contributed by atoms with Gasteiger partial charge in [0.15, 0.2) is 5.78 Å². The lowest BCUT2D eigenvalue weighted by molar-refractivity contribution is -0.124. The Bertz CT molecular complexity index is 1090. The fraction of sp³-hybridized carbons (Fsp3) is 0.552. The average molecular weight is 497 g/mol. The molecule has 3 aliphatic carbocycles. The standard InChI is InChI=1S/C29H34F2N2O3/c1-29(30,31)20-3-2-4-21(15-20)32-27(36)14-13-26(35)28-24-16-33(17-25(24)28)22-9-5-18(6-10-22)19-7-11-23(34)12-8-19/h2-4,7-8,11,15,18,22,24-25,28H,5-6,9-10,12-14,16-17H2,1H3,(H,32,36)/t18?,22?,24-,25+,28?. The third-order valence-electron chi connectivity index (χ3n) is 8.53. The molecule has 192 valence electrons. The van der Waals surface area contributed by atoms with Crippen LogP contribution in [0.4, 0.5) is 14.5 Å². The highest BCUT2D eigenvalue weighted by Gasteiger charge is 2.59. The Balaban J connectivity index is 1.03. The van der Waals surface area contributed by atoms with Crippen molar-refractivity contribution in [1.29, 1.82) is 0 Å². The molecule has 3 atom stereocenters. The molecule has 3 fully saturated rings. The van der Waals surface area contributed by atoms with Gasteiger partial charge in [-0.05, 0) is 67.2 Å². The van der Waals surface area contributed by atoms with Crippen molar-refractivity contribution < 1.29 is 23.2 Å². The highest BCUT2D eigenvalue weighted by molar-refractivity contribution is 5.95. The van der Waals surface area contributed by atoms with Gasteiger partial charge in [-0.2, -0.15) is 0 Å². The molecule has 1 aromatic carbocycles. The molecule has 1 saturated heterocycles. The van der Waals surface area contributed by atoms with E-state index in [2.05, 4.69) is 16.3 Å². The Kier molecular flexibility index (Phi) is 6.95. The monoisotopic (exact) mass is 496 g/mol. The van der Waals surface area contributed by atoms with Gasteiger partial charge in [-0.15, -0.1) is 0 Å². The van der Waals surface area contributed by atoms with Crippen molar-refractivity contribution in [2.75, 3.05) is 18.4 Å². The van der Waals surface area contributed by atoms with Crippen molar-refractivity contribution in [3.63, 3.8) is 0 Å². The number of fused-ring (bicyclic) bond motifs is 1. The van der Waals surface area contributed by atoms with Crippen LogP contribution in [0.3, 0.4) is 0 Å². The minimum Gasteiger partial charge on any atom is -0.326 e. The number of carbonyl (C=O) groups is 3. The number of alkyl halides is 2. The van der Waals surface area contributed by atoms with Gasteiger partial charge in [-0.3, -0.25) is 19.3 Å². The summed E-state index contributed by atoms with van der Waals surface area (Å²) in [6.45, 7) is 2.76. The molecule has 1 N–H and O–H groups in total. The van der Waals surface area contributed by atoms with Gasteiger partial charge in [0, 0.05) is 62.5 Å². The summed E-state index contributed by atoms with van der Waals surface area (Å²) in [5.41, 5.74) is 1.49. The first kappa shape index (κ1) is 25.0. The minimum absolute atomic E-state index is 0.0718. The number of benzene rings is 1. The van der Waals surface area contributed by atoms with Gasteiger partial charge < -0.3 is 5.32 Å². The molecular weight excluding hydrogens is 462 g/mol. The number of likely N-dealkylation sites (tertiary alicyclic amines) is 1. The molecule has 36 heavy (non-hydrogen) atoms. The summed E-state index contributed by atoms with van der Waals surface area (Å²) in [6, 6.07) is 6.25. The zero-order chi connectivity index (χ0) is 25.4. The van der Waals surface area contributed by atoms with Gasteiger partial charge in [0.2, 0.25) is 5.91 Å². The smallest absolute Gasteiger partial charge is 0.270 e. The highest BCUT2D eigenvalue weighted by atomic mass is 19.3. The van der Waals surface area contributed by atoms with Crippen molar-refractivity contribution in [3.8, 4) is 0 Å². The summed E-state index contributed by atoms with van der Waals surface area (Å²) < 4.78 is 27.0. The lowest BCUT2D eigenvalue weighted by Crippen LogP contribution is -2.39. The number of hydrogen-bond donors (Lipinski definition) is 1. The summed E-state index contributed by atoms with van der Waals surface area (Å²) >= 11 is 0. The van der Waals surface area contributed by atoms with Gasteiger partial charge in [0.25, 0.3) is 5.92 Å². The molecule has 1 aromatic rings. The van der Waals surface area contributed by atoms with E-state index in [-0.39, 0.29) is 41.8 Å². The van der Waals surface area contributed by atoms with Crippen LogP contribution in [0.25, 0.3) is 0 Å². The van der Waals surface area contributed by atoms with Crippen LogP contribution in [0, 0.1) is 23.7 Å². The second kappa shape index (κ2) is 10.0. The van der Waals surface area contributed by atoms with Crippen LogP contribution >= 0.6 is 0 Å². The topological polar surface area (TPSA) is 66.5 Å². The van der Waals surface area contributed by atoms with Gasteiger partial charge in [0.05, 0.1) is 0 Å². The van der Waals surface area contributed by atoms with Crippen molar-refractivity contribution in [1.82, 2.24) is 4.90 Å². The molecule has 2 saturated carbocycles. The first-order valence-electron chi connectivity index (χ1n) is 13.1. The van der Waals surface area contributed by atoms with Crippen molar-refractivity contribution in [2.24, 2.45) is 23.7 Å². The van der Waals surface area contributed by atoms with E-state index in [0.29, 0.717) is 35.9 Å². The molecule has 0 bridgehead atoms. The predicted octanol–water partition coefficient (Wildman–Crippen LogP) is 5.28. The maximum absolute atomic E-state index is 13.5. The van der Waals surface area contributed by atoms with Gasteiger partial charge in [0.1, 0.15) is 5.78 Å². The van der Waals surface area contributed by atoms with E-state index in [1.165, 1.54) is 23.8 Å². The normalized spacial score (nSPS) is 30.0. The Morgan fingerprint density at radius 2 is 1.78 bits per heavy atom. The summed E-state index contributed by atoms with van der Waals surface area (Å²) in [5, 5.41) is 2.64. The highest BCUT2D eigenvalue weighted by Crippen LogP contribution is 2.54. The lowest BCUT2D eigenvalue weighted by Gasteiger charge is -2.36. The van der Waals surface area contributed by atoms with E-state index in [1.54, 1.807) is 12.1 Å². The molecule has 1 heterocycles. The molecule has 4 aliphatic rings. The molecule has 1 unspecified atom stereocenters. The number of carbonyl (C=O) groups excluding carboxylic acids is 3. The Morgan fingerprint density at radius 3 is 2.42 bits per heavy atom. The van der Waals surface area contributed by atoms with Crippen molar-refractivity contribution in [3.05, 3.63) is 53.6 Å². The fourth-order valence-corrected chi connectivity index (χ4v) is 6.45. The van der Waals surface area contributed by atoms with Crippen LogP contribution in [0.2, 0.25) is 0 Å². The zero-order valence-corrected chi connectivity index (χ0v) is 20.7. The fourth-order valence-electron chi connectivity index (χ4n) is 6.45. The number of allylic oxidation sites excluding steroid dienone is 4. The molecule has 5 rings (SSSR count). The summed E-state index contributed by atoms with van der Waals surface area (Å²) in [7, 11) is 0. The molecule has 7 heteroatoms. The summed E-state index contributed by atoms with van der Waals surface area (Å²) in [4.78, 5) is 39.0. The van der Waals surface area contributed by atoms with E-state index >= 15 is 0 Å². The molecule has 5 nitrogen and oxygen atoms in total. The second-order valence-corrected chi connectivity index (χ2v) is 11.0. The summed E-state index contributed by atoms with van der Waals surface area (Å²) in [6.07, 6.45) is 11.2. The molecule has 0 spiro atoms. The second-order valence-electron chi connectivity index (χ2n) is 11.0. The maximum atomic E-state index is 13.5. The number of halogens is 2. The predicted molar refractivity (Wildman–Crippen MR) is 134 cm³/mol. The molecular formula is C29H34F2N2O3. The Hall–Kier alpha value is -2.67. The van der Waals surface area contributed by atoms with Crippen LogP contribution < -0.4 is 5.32 Å². The quantitative estimate of drug-likeness (QED) is 0.532. The largest absolute Gasteiger partial charge is 0.326 e. The number of amides is 1. The molecule has 1 aliphatic heterocycles. The molecule has 0 radical (unpaired) electrons. The maximum Gasteiger partial charge on any atom is 0.270 e. The molecule has 0 aromatic heterocycles. The number of anilines is 1. The van der Waals surface area contributed by atoms with Crippen molar-refractivity contribution >= 4 is 23.2 Å². The number of hydrogen-bond acceptors (Lipinski definition) is 4. The minimum atomic E-state index is -2.97. The number of Topliss-reactive ketones (excluding diaryl/α,β-unsaturated/α-hetero) is 1. The number of ketones is 2. The van der Waals surface area contributed by atoms with Crippen LogP contribution in [-0.4, -0.2) is 41.5 Å².